The molecular formula is C57H100O6. The number of rotatable bonds is 48. The van der Waals surface area contributed by atoms with Gasteiger partial charge in [-0.15, -0.1) is 0 Å². The zero-order valence-electron chi connectivity index (χ0n) is 41.6. The van der Waals surface area contributed by atoms with Gasteiger partial charge in [0, 0.05) is 19.3 Å². The third kappa shape index (κ3) is 50.0. The molecule has 0 spiro atoms. The van der Waals surface area contributed by atoms with Gasteiger partial charge in [0.15, 0.2) is 6.10 Å². The van der Waals surface area contributed by atoms with Crippen molar-refractivity contribution in [3.05, 3.63) is 60.8 Å². The summed E-state index contributed by atoms with van der Waals surface area (Å²) in [6.45, 7) is 6.50. The molecule has 0 amide bonds. The molecule has 63 heavy (non-hydrogen) atoms. The Bertz CT molecular complexity index is 1150. The second kappa shape index (κ2) is 51.7. The summed E-state index contributed by atoms with van der Waals surface area (Å²) in [4.78, 5) is 38.0. The Balaban J connectivity index is 4.44. The van der Waals surface area contributed by atoms with Crippen LogP contribution < -0.4 is 0 Å². The summed E-state index contributed by atoms with van der Waals surface area (Å²) < 4.78 is 16.8. The molecule has 1 atom stereocenters. The van der Waals surface area contributed by atoms with Crippen molar-refractivity contribution in [3.8, 4) is 0 Å². The maximum Gasteiger partial charge on any atom is 0.306 e. The number of hydrogen-bond acceptors (Lipinski definition) is 6. The molecule has 0 N–H and O–H groups in total. The van der Waals surface area contributed by atoms with E-state index in [-0.39, 0.29) is 31.1 Å². The van der Waals surface area contributed by atoms with Crippen LogP contribution in [0.1, 0.15) is 265 Å². The van der Waals surface area contributed by atoms with Crippen molar-refractivity contribution in [2.24, 2.45) is 0 Å². The molecule has 0 aliphatic rings. The van der Waals surface area contributed by atoms with Gasteiger partial charge in [0.25, 0.3) is 0 Å². The molecule has 364 valence electrons. The highest BCUT2D eigenvalue weighted by Gasteiger charge is 2.19. The van der Waals surface area contributed by atoms with Gasteiger partial charge in [0.2, 0.25) is 0 Å². The van der Waals surface area contributed by atoms with Crippen molar-refractivity contribution in [3.63, 3.8) is 0 Å². The molecule has 0 bridgehead atoms. The monoisotopic (exact) mass is 881 g/mol. The van der Waals surface area contributed by atoms with E-state index in [2.05, 4.69) is 81.5 Å². The van der Waals surface area contributed by atoms with Crippen LogP contribution in [0.5, 0.6) is 0 Å². The Kier molecular flexibility index (Phi) is 49.4. The Morgan fingerprint density at radius 2 is 0.619 bits per heavy atom. The van der Waals surface area contributed by atoms with E-state index in [1.165, 1.54) is 122 Å². The standard InChI is InChI=1S/C57H100O6/c1-4-7-10-13-16-19-22-25-28-30-32-35-38-41-44-47-50-56(59)62-53-54(52-61-55(58)49-46-43-40-37-34-31-27-24-21-18-15-12-9-6-3)63-57(60)51-48-45-42-39-36-33-29-26-23-20-17-14-11-8-5-2/h7,10,16,19,25,28,31-32,34-35,54H,4-6,8-9,11-15,17-18,20-24,26-27,29-30,33,36-53H2,1-3H3/b10-7-,19-16-,28-25-,34-31-,35-32-. The number of carbonyl (C=O) groups excluding carboxylic acids is 3. The molecule has 0 rings (SSSR count). The minimum atomic E-state index is -0.790. The van der Waals surface area contributed by atoms with Gasteiger partial charge >= 0.3 is 17.9 Å². The second-order valence-electron chi connectivity index (χ2n) is 17.8. The summed E-state index contributed by atoms with van der Waals surface area (Å²) in [5, 5.41) is 0. The molecule has 0 aliphatic carbocycles. The van der Waals surface area contributed by atoms with Gasteiger partial charge in [-0.1, -0.05) is 223 Å². The van der Waals surface area contributed by atoms with Gasteiger partial charge in [-0.3, -0.25) is 14.4 Å². The fourth-order valence-corrected chi connectivity index (χ4v) is 7.49. The minimum absolute atomic E-state index is 0.0904. The van der Waals surface area contributed by atoms with Gasteiger partial charge in [-0.05, 0) is 83.5 Å². The first-order chi connectivity index (χ1) is 31.0. The van der Waals surface area contributed by atoms with E-state index >= 15 is 0 Å². The average molecular weight is 881 g/mol. The number of hydrogen-bond donors (Lipinski definition) is 0. The smallest absolute Gasteiger partial charge is 0.306 e. The molecule has 0 aromatic carbocycles. The Labute approximate surface area is 390 Å². The lowest BCUT2D eigenvalue weighted by molar-refractivity contribution is -0.167. The van der Waals surface area contributed by atoms with Crippen molar-refractivity contribution in [1.82, 2.24) is 0 Å². The van der Waals surface area contributed by atoms with E-state index in [0.717, 1.165) is 103 Å². The molecule has 0 fully saturated rings. The number of carbonyl (C=O) groups is 3. The highest BCUT2D eigenvalue weighted by molar-refractivity contribution is 5.71. The van der Waals surface area contributed by atoms with E-state index in [9.17, 15) is 14.4 Å². The minimum Gasteiger partial charge on any atom is -0.462 e. The predicted molar refractivity (Wildman–Crippen MR) is 270 cm³/mol. The largest absolute Gasteiger partial charge is 0.462 e. The first-order valence-corrected chi connectivity index (χ1v) is 26.8. The predicted octanol–water partition coefficient (Wildman–Crippen LogP) is 17.6. The topological polar surface area (TPSA) is 78.9 Å². The van der Waals surface area contributed by atoms with Crippen LogP contribution in [0, 0.1) is 0 Å². The summed E-state index contributed by atoms with van der Waals surface area (Å²) in [5.41, 5.74) is 0. The van der Waals surface area contributed by atoms with Crippen molar-refractivity contribution in [1.29, 1.82) is 0 Å². The van der Waals surface area contributed by atoms with E-state index < -0.39 is 6.10 Å². The van der Waals surface area contributed by atoms with Gasteiger partial charge in [0.1, 0.15) is 13.2 Å². The molecular weight excluding hydrogens is 781 g/mol. The maximum atomic E-state index is 12.8. The first-order valence-electron chi connectivity index (χ1n) is 26.8. The fourth-order valence-electron chi connectivity index (χ4n) is 7.49. The normalized spacial score (nSPS) is 12.5. The fraction of sp³-hybridized carbons (Fsp3) is 0.772. The Hall–Kier alpha value is -2.89. The SMILES string of the molecule is CC/C=C\C/C=C\C/C=C\C/C=C\CCCCCC(=O)OCC(COC(=O)CCCCC/C=C\CCCCCCCCC)OC(=O)CCCCCCCCCCCCCCCCC. The van der Waals surface area contributed by atoms with Crippen LogP contribution in [0.3, 0.4) is 0 Å². The summed E-state index contributed by atoms with van der Waals surface area (Å²) in [6, 6.07) is 0. The molecule has 6 nitrogen and oxygen atoms in total. The second-order valence-corrected chi connectivity index (χ2v) is 17.8. The lowest BCUT2D eigenvalue weighted by atomic mass is 10.0. The molecule has 6 heteroatoms. The molecule has 0 radical (unpaired) electrons. The Morgan fingerprint density at radius 3 is 1.00 bits per heavy atom. The van der Waals surface area contributed by atoms with Crippen molar-refractivity contribution >= 4 is 17.9 Å². The molecule has 0 saturated carbocycles. The summed E-state index contributed by atoms with van der Waals surface area (Å²) in [7, 11) is 0. The van der Waals surface area contributed by atoms with E-state index in [4.69, 9.17) is 14.2 Å². The van der Waals surface area contributed by atoms with Crippen molar-refractivity contribution in [2.45, 2.75) is 271 Å². The zero-order valence-corrected chi connectivity index (χ0v) is 41.6. The summed E-state index contributed by atoms with van der Waals surface area (Å²) in [6.07, 6.45) is 63.5. The number of esters is 3. The van der Waals surface area contributed by atoms with Crippen LogP contribution in [0.4, 0.5) is 0 Å². The number of unbranched alkanes of at least 4 members (excludes halogenated alkanes) is 27. The van der Waals surface area contributed by atoms with Gasteiger partial charge in [0.05, 0.1) is 0 Å². The molecule has 0 heterocycles. The Morgan fingerprint density at radius 1 is 0.333 bits per heavy atom. The molecule has 0 aliphatic heterocycles. The quantitative estimate of drug-likeness (QED) is 0.0262. The molecule has 0 aromatic heterocycles. The molecule has 1 unspecified atom stereocenters. The van der Waals surface area contributed by atoms with Crippen LogP contribution in [0.25, 0.3) is 0 Å². The van der Waals surface area contributed by atoms with Crippen molar-refractivity contribution < 1.29 is 28.6 Å². The molecule has 0 aromatic rings. The van der Waals surface area contributed by atoms with Crippen LogP contribution in [0.15, 0.2) is 60.8 Å². The van der Waals surface area contributed by atoms with Gasteiger partial charge < -0.3 is 14.2 Å². The van der Waals surface area contributed by atoms with E-state index in [0.29, 0.717) is 19.3 Å². The third-order valence-electron chi connectivity index (χ3n) is 11.5. The van der Waals surface area contributed by atoms with Crippen LogP contribution >= 0.6 is 0 Å². The van der Waals surface area contributed by atoms with Crippen molar-refractivity contribution in [2.75, 3.05) is 13.2 Å². The number of allylic oxidation sites excluding steroid dienone is 10. The lowest BCUT2D eigenvalue weighted by Crippen LogP contribution is -2.30. The average Bonchev–Trinajstić information content (AvgIpc) is 3.28. The maximum absolute atomic E-state index is 12.8. The van der Waals surface area contributed by atoms with Crippen LogP contribution in [0.2, 0.25) is 0 Å². The summed E-state index contributed by atoms with van der Waals surface area (Å²) >= 11 is 0. The van der Waals surface area contributed by atoms with Crippen LogP contribution in [-0.2, 0) is 28.6 Å². The highest BCUT2D eigenvalue weighted by atomic mass is 16.6. The van der Waals surface area contributed by atoms with E-state index in [1.54, 1.807) is 0 Å². The first kappa shape index (κ1) is 60.1. The van der Waals surface area contributed by atoms with Gasteiger partial charge in [-0.25, -0.2) is 0 Å². The third-order valence-corrected chi connectivity index (χ3v) is 11.5. The van der Waals surface area contributed by atoms with Crippen LogP contribution in [-0.4, -0.2) is 37.2 Å². The highest BCUT2D eigenvalue weighted by Crippen LogP contribution is 2.15. The van der Waals surface area contributed by atoms with E-state index in [1.807, 2.05) is 0 Å². The molecule has 0 saturated heterocycles. The lowest BCUT2D eigenvalue weighted by Gasteiger charge is -2.18. The zero-order chi connectivity index (χ0) is 45.8. The summed E-state index contributed by atoms with van der Waals surface area (Å²) in [5.74, 6) is -0.928. The number of ether oxygens (including phenoxy) is 3. The van der Waals surface area contributed by atoms with Gasteiger partial charge in [-0.2, -0.15) is 0 Å².